The molecule has 6 nitrogen and oxygen atoms in total. The van der Waals surface area contributed by atoms with Crippen LogP contribution in [0.5, 0.6) is 0 Å². The number of aliphatic imine (C=N–C) groups is 1. The molecule has 0 aromatic heterocycles. The van der Waals surface area contributed by atoms with E-state index in [1.165, 1.54) is 11.1 Å². The van der Waals surface area contributed by atoms with Crippen molar-refractivity contribution in [2.45, 2.75) is 39.4 Å². The zero-order valence-electron chi connectivity index (χ0n) is 17.7. The zero-order chi connectivity index (χ0) is 19.7. The highest BCUT2D eigenvalue weighted by Gasteiger charge is 2.28. The van der Waals surface area contributed by atoms with Crippen LogP contribution in [-0.4, -0.2) is 74.8 Å². The maximum atomic E-state index is 5.47. The van der Waals surface area contributed by atoms with Gasteiger partial charge in [0.25, 0.3) is 0 Å². The molecule has 0 saturated carbocycles. The Bertz CT molecular complexity index is 596. The molecule has 1 saturated heterocycles. The smallest absolute Gasteiger partial charge is 0.191 e. The van der Waals surface area contributed by atoms with Crippen molar-refractivity contribution in [2.24, 2.45) is 4.99 Å². The number of nitrogens with one attached hydrogen (secondary N) is 2. The molecule has 27 heavy (non-hydrogen) atoms. The second-order valence-corrected chi connectivity index (χ2v) is 7.84. The van der Waals surface area contributed by atoms with Crippen LogP contribution in [0.2, 0.25) is 0 Å². The van der Waals surface area contributed by atoms with E-state index in [0.717, 1.165) is 58.4 Å². The first-order chi connectivity index (χ1) is 12.9. The summed E-state index contributed by atoms with van der Waals surface area (Å²) in [6, 6.07) is 8.75. The largest absolute Gasteiger partial charge is 0.379 e. The van der Waals surface area contributed by atoms with Crippen LogP contribution in [0.4, 0.5) is 0 Å². The first-order valence-corrected chi connectivity index (χ1v) is 9.98. The van der Waals surface area contributed by atoms with Gasteiger partial charge < -0.3 is 20.3 Å². The minimum Gasteiger partial charge on any atom is -0.379 e. The van der Waals surface area contributed by atoms with Crippen LogP contribution < -0.4 is 10.6 Å². The molecule has 6 heteroatoms. The van der Waals surface area contributed by atoms with Crippen molar-refractivity contribution in [3.05, 3.63) is 35.4 Å². The minimum absolute atomic E-state index is 0.0616. The van der Waals surface area contributed by atoms with Gasteiger partial charge in [0, 0.05) is 45.3 Å². The number of hydrogen-bond acceptors (Lipinski definition) is 4. The molecule has 1 aromatic carbocycles. The van der Waals surface area contributed by atoms with Crippen LogP contribution >= 0.6 is 0 Å². The van der Waals surface area contributed by atoms with E-state index in [-0.39, 0.29) is 5.54 Å². The molecule has 1 aliphatic rings. The van der Waals surface area contributed by atoms with Gasteiger partial charge in [0.2, 0.25) is 0 Å². The van der Waals surface area contributed by atoms with Crippen molar-refractivity contribution >= 4 is 5.96 Å². The second-order valence-electron chi connectivity index (χ2n) is 7.84. The van der Waals surface area contributed by atoms with Gasteiger partial charge in [0.05, 0.1) is 13.2 Å². The average molecular weight is 376 g/mol. The first-order valence-electron chi connectivity index (χ1n) is 9.98. The standard InChI is InChI=1S/C21H37N5O/c1-6-25(5)16-19-9-7-8-18(14-19)15-23-20(22-4)24-17-21(2,3)26-10-12-27-13-11-26/h7-9,14H,6,10-13,15-17H2,1-5H3,(H2,22,23,24). The minimum atomic E-state index is 0.0616. The molecule has 1 aromatic rings. The van der Waals surface area contributed by atoms with Crippen LogP contribution in [-0.2, 0) is 17.8 Å². The summed E-state index contributed by atoms with van der Waals surface area (Å²) in [4.78, 5) is 9.16. The molecular formula is C21H37N5O. The number of benzene rings is 1. The van der Waals surface area contributed by atoms with Gasteiger partial charge >= 0.3 is 0 Å². The molecule has 0 spiro atoms. The quantitative estimate of drug-likeness (QED) is 0.537. The maximum Gasteiger partial charge on any atom is 0.191 e. The molecule has 1 aliphatic heterocycles. The van der Waals surface area contributed by atoms with Crippen molar-refractivity contribution in [3.63, 3.8) is 0 Å². The Morgan fingerprint density at radius 2 is 1.93 bits per heavy atom. The van der Waals surface area contributed by atoms with Gasteiger partial charge in [0.15, 0.2) is 5.96 Å². The summed E-state index contributed by atoms with van der Waals surface area (Å²) in [5.74, 6) is 0.840. The summed E-state index contributed by atoms with van der Waals surface area (Å²) in [5.41, 5.74) is 2.67. The van der Waals surface area contributed by atoms with Gasteiger partial charge in [-0.2, -0.15) is 0 Å². The number of hydrogen-bond donors (Lipinski definition) is 2. The molecule has 0 aliphatic carbocycles. The summed E-state index contributed by atoms with van der Waals surface area (Å²) in [5, 5.41) is 6.92. The highest BCUT2D eigenvalue weighted by molar-refractivity contribution is 5.79. The third kappa shape index (κ3) is 7.13. The second kappa shape index (κ2) is 10.6. The van der Waals surface area contributed by atoms with E-state index in [1.807, 2.05) is 7.05 Å². The van der Waals surface area contributed by atoms with E-state index < -0.39 is 0 Å². The Hall–Kier alpha value is -1.63. The lowest BCUT2D eigenvalue weighted by molar-refractivity contribution is -0.00834. The van der Waals surface area contributed by atoms with Gasteiger partial charge in [-0.05, 0) is 38.6 Å². The van der Waals surface area contributed by atoms with Crippen molar-refractivity contribution in [3.8, 4) is 0 Å². The molecule has 1 fully saturated rings. The number of ether oxygens (including phenoxy) is 1. The summed E-state index contributed by atoms with van der Waals surface area (Å²) in [6.07, 6.45) is 0. The SMILES string of the molecule is CCN(C)Cc1cccc(CNC(=NC)NCC(C)(C)N2CCOCC2)c1. The molecule has 2 N–H and O–H groups in total. The molecule has 1 heterocycles. The highest BCUT2D eigenvalue weighted by atomic mass is 16.5. The van der Waals surface area contributed by atoms with E-state index in [0.29, 0.717) is 0 Å². The number of guanidine groups is 1. The van der Waals surface area contributed by atoms with Crippen LogP contribution in [0.3, 0.4) is 0 Å². The van der Waals surface area contributed by atoms with E-state index in [4.69, 9.17) is 4.74 Å². The lowest BCUT2D eigenvalue weighted by Crippen LogP contribution is -2.56. The Kier molecular flexibility index (Phi) is 8.54. The number of morpholine rings is 1. The number of nitrogens with zero attached hydrogens (tertiary/aromatic N) is 3. The van der Waals surface area contributed by atoms with Crippen LogP contribution in [0.15, 0.2) is 29.3 Å². The predicted molar refractivity (Wildman–Crippen MR) is 113 cm³/mol. The van der Waals surface area contributed by atoms with E-state index in [2.05, 4.69) is 77.5 Å². The van der Waals surface area contributed by atoms with Crippen LogP contribution in [0, 0.1) is 0 Å². The number of rotatable bonds is 8. The Balaban J connectivity index is 1.84. The van der Waals surface area contributed by atoms with Crippen LogP contribution in [0.1, 0.15) is 31.9 Å². The van der Waals surface area contributed by atoms with E-state index >= 15 is 0 Å². The van der Waals surface area contributed by atoms with Crippen molar-refractivity contribution in [1.29, 1.82) is 0 Å². The molecule has 152 valence electrons. The van der Waals surface area contributed by atoms with Crippen molar-refractivity contribution < 1.29 is 4.74 Å². The van der Waals surface area contributed by atoms with Gasteiger partial charge in [-0.25, -0.2) is 0 Å². The fourth-order valence-electron chi connectivity index (χ4n) is 3.25. The molecule has 0 amide bonds. The summed E-state index contributed by atoms with van der Waals surface area (Å²) in [6.45, 7) is 14.0. The molecule has 0 atom stereocenters. The predicted octanol–water partition coefficient (Wildman–Crippen LogP) is 1.91. The monoisotopic (exact) mass is 375 g/mol. The van der Waals surface area contributed by atoms with Gasteiger partial charge in [-0.1, -0.05) is 31.2 Å². The average Bonchev–Trinajstić information content (AvgIpc) is 2.69. The lowest BCUT2D eigenvalue weighted by atomic mass is 10.0. The van der Waals surface area contributed by atoms with Crippen molar-refractivity contribution in [2.75, 3.05) is 53.5 Å². The fourth-order valence-corrected chi connectivity index (χ4v) is 3.25. The molecule has 2 rings (SSSR count). The van der Waals surface area contributed by atoms with Gasteiger partial charge in [-0.15, -0.1) is 0 Å². The Morgan fingerprint density at radius 1 is 1.22 bits per heavy atom. The molecule has 0 unspecified atom stereocenters. The Labute approximate surface area is 165 Å². The molecule has 0 bridgehead atoms. The fraction of sp³-hybridized carbons (Fsp3) is 0.667. The van der Waals surface area contributed by atoms with Crippen molar-refractivity contribution in [1.82, 2.24) is 20.4 Å². The third-order valence-corrected chi connectivity index (χ3v) is 5.22. The highest BCUT2D eigenvalue weighted by Crippen LogP contribution is 2.15. The summed E-state index contributed by atoms with van der Waals surface area (Å²) in [7, 11) is 3.97. The zero-order valence-corrected chi connectivity index (χ0v) is 17.7. The lowest BCUT2D eigenvalue weighted by Gasteiger charge is -2.41. The third-order valence-electron chi connectivity index (χ3n) is 5.22. The molecule has 0 radical (unpaired) electrons. The van der Waals surface area contributed by atoms with Gasteiger partial charge in [0.1, 0.15) is 0 Å². The first kappa shape index (κ1) is 21.7. The molecular weight excluding hydrogens is 338 g/mol. The maximum absolute atomic E-state index is 5.47. The van der Waals surface area contributed by atoms with E-state index in [1.54, 1.807) is 0 Å². The summed E-state index contributed by atoms with van der Waals surface area (Å²) >= 11 is 0. The normalized spacial score (nSPS) is 16.6. The van der Waals surface area contributed by atoms with E-state index in [9.17, 15) is 0 Å². The summed E-state index contributed by atoms with van der Waals surface area (Å²) < 4.78 is 5.47. The Morgan fingerprint density at radius 3 is 2.59 bits per heavy atom. The van der Waals surface area contributed by atoms with Crippen LogP contribution in [0.25, 0.3) is 0 Å². The topological polar surface area (TPSA) is 52.1 Å². The van der Waals surface area contributed by atoms with Gasteiger partial charge in [-0.3, -0.25) is 9.89 Å².